The first-order chi connectivity index (χ1) is 31.1. The molecule has 364 valence electrons. The maximum atomic E-state index is 11.1. The molecule has 4 saturated carbocycles. The summed E-state index contributed by atoms with van der Waals surface area (Å²) >= 11 is 0. The Kier molecular flexibility index (Phi) is 35.0. The van der Waals surface area contributed by atoms with Gasteiger partial charge in [0.05, 0.1) is 0 Å². The average molecular weight is 1200 g/mol. The number of nitrogens with one attached hydrogen (secondary N) is 1. The molecule has 8 fully saturated rings. The third-order valence-corrected chi connectivity index (χ3v) is 18.9. The number of rotatable bonds is 4. The van der Waals surface area contributed by atoms with Crippen molar-refractivity contribution in [3.05, 3.63) is 12.2 Å². The van der Waals surface area contributed by atoms with Crippen LogP contribution in [0.15, 0.2) is 27.6 Å². The van der Waals surface area contributed by atoms with Crippen LogP contribution in [-0.2, 0) is 14.5 Å². The molecule has 67 heavy (non-hydrogen) atoms. The zero-order chi connectivity index (χ0) is 45.2. The van der Waals surface area contributed by atoms with Gasteiger partial charge in [-0.1, -0.05) is 40.3 Å². The predicted molar refractivity (Wildman–Crippen MR) is 272 cm³/mol. The summed E-state index contributed by atoms with van der Waals surface area (Å²) in [7, 11) is 8.47. The first-order valence-electron chi connectivity index (χ1n) is 25.7. The van der Waals surface area contributed by atoms with Crippen LogP contribution in [0.1, 0.15) is 167 Å². The first kappa shape index (κ1) is 65.6. The third-order valence-electron chi connectivity index (χ3n) is 17.4. The van der Waals surface area contributed by atoms with Gasteiger partial charge in [0.15, 0.2) is 0 Å². The number of hydrogen-bond acceptors (Lipinski definition) is 11. The molecule has 0 radical (unpaired) electrons. The maximum absolute atomic E-state index is 11.1. The van der Waals surface area contributed by atoms with Crippen molar-refractivity contribution in [2.75, 3.05) is 52.4 Å². The smallest absolute Gasteiger partial charge is 0.448 e. The van der Waals surface area contributed by atoms with Gasteiger partial charge in [-0.2, -0.15) is 0 Å². The van der Waals surface area contributed by atoms with E-state index < -0.39 is 0 Å². The predicted octanol–water partition coefficient (Wildman–Crippen LogP) is 1.35. The normalized spacial score (nSPS) is 31.6. The van der Waals surface area contributed by atoms with Gasteiger partial charge in [0.1, 0.15) is 17.0 Å². The molecule has 17 heteroatoms. The van der Waals surface area contributed by atoms with Crippen LogP contribution >= 0.6 is 28.2 Å². The number of ketones is 1. The molecular weight excluding hydrogens is 1110 g/mol. The van der Waals surface area contributed by atoms with Gasteiger partial charge in [-0.3, -0.25) is 18.8 Å². The van der Waals surface area contributed by atoms with Crippen molar-refractivity contribution in [1.29, 1.82) is 0 Å². The van der Waals surface area contributed by atoms with Gasteiger partial charge in [-0.25, -0.2) is 0 Å². The molecule has 0 aromatic carbocycles. The van der Waals surface area contributed by atoms with Crippen molar-refractivity contribution in [3.8, 4) is 0 Å². The number of allylic oxidation sites excluding steroid dienone is 1. The van der Waals surface area contributed by atoms with Gasteiger partial charge in [0, 0.05) is 52.1 Å². The minimum atomic E-state index is 0. The molecular formula is C50H87N7O4P3Rb3. The Bertz CT molecular complexity index is 1380. The van der Waals surface area contributed by atoms with E-state index in [9.17, 15) is 4.79 Å². The molecule has 2 spiro atoms. The zero-order valence-corrected chi connectivity index (χ0v) is 60.7. The summed E-state index contributed by atoms with van der Waals surface area (Å²) in [6, 6.07) is 0. The Hall–Kier alpha value is 4.37. The van der Waals surface area contributed by atoms with E-state index in [1.165, 1.54) is 199 Å². The molecule has 3 atom stereocenters. The van der Waals surface area contributed by atoms with Crippen LogP contribution in [-0.4, -0.2) is 108 Å². The molecule has 6 heterocycles. The van der Waals surface area contributed by atoms with Gasteiger partial charge in [0.2, 0.25) is 0 Å². The average Bonchev–Trinajstić information content (AvgIpc) is 3.99. The fourth-order valence-corrected chi connectivity index (χ4v) is 13.8. The largest absolute Gasteiger partial charge is 1.00 e. The number of Topliss-reactive ketones (excluding diaryl/α,β-unsaturated/α-hetero) is 1. The summed E-state index contributed by atoms with van der Waals surface area (Å²) in [4.78, 5) is 22.2. The monoisotopic (exact) mass is 1200 g/mol. The Morgan fingerprint density at radius 3 is 1.15 bits per heavy atom. The van der Waals surface area contributed by atoms with Crippen molar-refractivity contribution in [1.82, 2.24) is 19.3 Å². The maximum Gasteiger partial charge on any atom is 1.00 e. The van der Waals surface area contributed by atoms with Crippen LogP contribution in [0.4, 0.5) is 0 Å². The fraction of sp³-hybridized carbons (Fsp3) is 0.880. The van der Waals surface area contributed by atoms with Gasteiger partial charge in [0.25, 0.3) is 0 Å². The number of nitrogens with zero attached hydrogens (tertiary/aromatic N) is 6. The first-order valence-corrected chi connectivity index (χ1v) is 27.3. The topological polar surface area (TPSA) is 115 Å². The molecule has 3 unspecified atom stereocenters. The van der Waals surface area contributed by atoms with Gasteiger partial charge in [-0.05, 0) is 202 Å². The van der Waals surface area contributed by atoms with Crippen molar-refractivity contribution in [3.63, 3.8) is 0 Å². The van der Waals surface area contributed by atoms with Gasteiger partial charge < -0.3 is 54.8 Å². The van der Waals surface area contributed by atoms with E-state index in [4.69, 9.17) is 14.9 Å². The summed E-state index contributed by atoms with van der Waals surface area (Å²) in [6.07, 6.45) is 38.4. The summed E-state index contributed by atoms with van der Waals surface area (Å²) < 4.78 is 7.10. The molecule has 4 saturated heterocycles. The molecule has 0 aromatic heterocycles. The second-order valence-electron chi connectivity index (χ2n) is 21.4. The molecule has 6 aliphatic heterocycles. The van der Waals surface area contributed by atoms with Crippen LogP contribution < -0.4 is 180 Å². The Labute approximate surface area is 561 Å². The Balaban J connectivity index is 0.000000229. The summed E-state index contributed by atoms with van der Waals surface area (Å²) in [5.74, 6) is 8.07. The van der Waals surface area contributed by atoms with E-state index in [1.54, 1.807) is 0 Å². The molecule has 2 N–H and O–H groups in total. The SMILES string of the molecule is C=C1CCC(C2CCN(P)CC2)CC1.O=C1CCC(C2CCN(P)CC2)CC1.PN1CCC(C2CCC3(C[C-]=NO3)CC2)CC1.[C-]1=NOC2(C1)CCC(C1CCNCC1)CC2.[CH-]=NO.[Rb+].[Rb+].[Rb+]. The standard InChI is InChI=1S/C13H22N2OP.C13H21N2O.C12H22NP.C11H20NOP.CH2NO.3Rb/c17-15-9-3-12(4-10-15)11-1-5-13(6-2-11)7-8-14-16-13;1-5-13(7-10-15-16-13)6-2-11(1)12-3-8-14-9-4-12;1-10-2-4-11(5-3-10)12-6-8-13(14)9-7-12;13-11-3-1-9(2-4-11)10-5-7-12(14)8-6-10;1-2-3;;;/h11-12H,1-7,9-10,17H2;11-12,14H,1-9H2;11-12H,1-9,14H2;9-10H,1-8,14H2;1,3H;;;/q2*-1;;;-1;3*+1. The fourth-order valence-electron chi connectivity index (χ4n) is 12.9. The van der Waals surface area contributed by atoms with E-state index in [-0.39, 0.29) is 186 Å². The minimum Gasteiger partial charge on any atom is -0.448 e. The van der Waals surface area contributed by atoms with Crippen LogP contribution in [0.2, 0.25) is 0 Å². The van der Waals surface area contributed by atoms with Gasteiger partial charge in [-0.15, -0.1) is 12.8 Å². The molecule has 0 aromatic rings. The molecule has 10 rings (SSSR count). The number of hydrogen-bond donors (Lipinski definition) is 2. The van der Waals surface area contributed by atoms with E-state index in [0.717, 1.165) is 73.0 Å². The second-order valence-corrected chi connectivity index (χ2v) is 23.6. The van der Waals surface area contributed by atoms with Crippen LogP contribution in [0.25, 0.3) is 0 Å². The second kappa shape index (κ2) is 35.7. The number of carbonyl (C=O) groups excluding carboxylic acids is 1. The van der Waals surface area contributed by atoms with Crippen LogP contribution in [0, 0.1) is 47.3 Å². The minimum absolute atomic E-state index is 0. The Morgan fingerprint density at radius 2 is 0.836 bits per heavy atom. The van der Waals surface area contributed by atoms with E-state index in [1.807, 2.05) is 5.16 Å². The van der Waals surface area contributed by atoms with Crippen LogP contribution in [0.3, 0.4) is 0 Å². The van der Waals surface area contributed by atoms with Crippen LogP contribution in [0.5, 0.6) is 0 Å². The van der Waals surface area contributed by atoms with Crippen molar-refractivity contribution >= 4 is 53.1 Å². The summed E-state index contributed by atoms with van der Waals surface area (Å²) in [6.45, 7) is 18.1. The summed E-state index contributed by atoms with van der Waals surface area (Å²) in [5.41, 5.74) is 1.60. The summed E-state index contributed by atoms with van der Waals surface area (Å²) in [5, 5.41) is 20.1. The molecule has 0 bridgehead atoms. The van der Waals surface area contributed by atoms with E-state index in [0.29, 0.717) is 5.78 Å². The van der Waals surface area contributed by atoms with Crippen molar-refractivity contribution in [2.45, 2.75) is 178 Å². The quantitative estimate of drug-likeness (QED) is 0.109. The third kappa shape index (κ3) is 22.7. The molecule has 10 aliphatic rings. The van der Waals surface area contributed by atoms with E-state index in [2.05, 4.69) is 83.5 Å². The van der Waals surface area contributed by atoms with Crippen molar-refractivity contribution in [2.24, 2.45) is 62.8 Å². The molecule has 0 amide bonds. The molecule has 4 aliphatic carbocycles. The molecule has 11 nitrogen and oxygen atoms in total. The zero-order valence-electron chi connectivity index (χ0n) is 42.5. The number of carbonyl (C=O) groups is 1. The van der Waals surface area contributed by atoms with E-state index >= 15 is 0 Å². The van der Waals surface area contributed by atoms with Crippen molar-refractivity contribution < 1.29 is 194 Å². The number of piperidine rings is 4. The Morgan fingerprint density at radius 1 is 0.552 bits per heavy atom. The van der Waals surface area contributed by atoms with Gasteiger partial charge >= 0.3 is 175 Å².